The van der Waals surface area contributed by atoms with E-state index in [1.54, 1.807) is 6.07 Å². The largest absolute Gasteiger partial charge is 0.206 e. The van der Waals surface area contributed by atoms with Gasteiger partial charge < -0.3 is 0 Å². The Bertz CT molecular complexity index is 492. The molecule has 2 heteroatoms. The van der Waals surface area contributed by atoms with E-state index in [2.05, 4.69) is 22.6 Å². The van der Waals surface area contributed by atoms with E-state index in [-0.39, 0.29) is 5.82 Å². The van der Waals surface area contributed by atoms with Crippen molar-refractivity contribution >= 4 is 22.6 Å². The SMILES string of the molecule is Cc1ccc(-c2ccccc2I)c(F)c1. The highest BCUT2D eigenvalue weighted by molar-refractivity contribution is 14.1. The van der Waals surface area contributed by atoms with E-state index in [4.69, 9.17) is 0 Å². The Hall–Kier alpha value is -0.900. The lowest BCUT2D eigenvalue weighted by atomic mass is 10.0. The van der Waals surface area contributed by atoms with Crippen LogP contribution in [0.1, 0.15) is 5.56 Å². The van der Waals surface area contributed by atoms with E-state index in [0.717, 1.165) is 14.7 Å². The molecule has 15 heavy (non-hydrogen) atoms. The summed E-state index contributed by atoms with van der Waals surface area (Å²) in [6.07, 6.45) is 0. The zero-order chi connectivity index (χ0) is 10.8. The molecule has 0 saturated heterocycles. The Kier molecular flexibility index (Phi) is 3.05. The second-order valence-corrected chi connectivity index (χ2v) is 4.63. The minimum absolute atomic E-state index is 0.154. The molecule has 0 atom stereocenters. The van der Waals surface area contributed by atoms with Gasteiger partial charge in [0.25, 0.3) is 0 Å². The summed E-state index contributed by atoms with van der Waals surface area (Å²) in [5.74, 6) is -0.154. The Balaban J connectivity index is 2.60. The van der Waals surface area contributed by atoms with Crippen LogP contribution in [0.4, 0.5) is 4.39 Å². The quantitative estimate of drug-likeness (QED) is 0.685. The first-order valence-corrected chi connectivity index (χ1v) is 5.77. The average molecular weight is 312 g/mol. The molecule has 0 amide bonds. The van der Waals surface area contributed by atoms with Crippen molar-refractivity contribution in [2.24, 2.45) is 0 Å². The molecule has 0 bridgehead atoms. The van der Waals surface area contributed by atoms with Gasteiger partial charge in [0.15, 0.2) is 0 Å². The van der Waals surface area contributed by atoms with Crippen molar-refractivity contribution in [3.63, 3.8) is 0 Å². The smallest absolute Gasteiger partial charge is 0.131 e. The van der Waals surface area contributed by atoms with E-state index in [0.29, 0.717) is 5.56 Å². The van der Waals surface area contributed by atoms with Crippen molar-refractivity contribution in [1.82, 2.24) is 0 Å². The van der Waals surface area contributed by atoms with Crippen LogP contribution >= 0.6 is 22.6 Å². The Labute approximate surface area is 102 Å². The van der Waals surface area contributed by atoms with Gasteiger partial charge in [-0.3, -0.25) is 0 Å². The Morgan fingerprint density at radius 1 is 1.00 bits per heavy atom. The fraction of sp³-hybridized carbons (Fsp3) is 0.0769. The highest BCUT2D eigenvalue weighted by Crippen LogP contribution is 2.27. The van der Waals surface area contributed by atoms with Crippen LogP contribution in [0, 0.1) is 16.3 Å². The van der Waals surface area contributed by atoms with Crippen LogP contribution in [0.15, 0.2) is 42.5 Å². The maximum absolute atomic E-state index is 13.7. The monoisotopic (exact) mass is 312 g/mol. The standard InChI is InChI=1S/C13H10FI/c1-9-6-7-10(12(14)8-9)11-4-2-3-5-13(11)15/h2-8H,1H3. The number of hydrogen-bond donors (Lipinski definition) is 0. The van der Waals surface area contributed by atoms with E-state index in [9.17, 15) is 4.39 Å². The lowest BCUT2D eigenvalue weighted by Gasteiger charge is -2.06. The molecule has 2 rings (SSSR count). The zero-order valence-corrected chi connectivity index (χ0v) is 10.5. The number of aryl methyl sites for hydroxylation is 1. The summed E-state index contributed by atoms with van der Waals surface area (Å²) < 4.78 is 14.8. The number of halogens is 2. The maximum atomic E-state index is 13.7. The van der Waals surface area contributed by atoms with Gasteiger partial charge in [-0.05, 0) is 52.8 Å². The summed E-state index contributed by atoms with van der Waals surface area (Å²) in [5, 5.41) is 0. The molecule has 0 aromatic heterocycles. The van der Waals surface area contributed by atoms with Gasteiger partial charge >= 0.3 is 0 Å². The van der Waals surface area contributed by atoms with Crippen LogP contribution in [-0.2, 0) is 0 Å². The second kappa shape index (κ2) is 4.31. The van der Waals surface area contributed by atoms with E-state index in [1.165, 1.54) is 0 Å². The van der Waals surface area contributed by atoms with Crippen LogP contribution in [0.5, 0.6) is 0 Å². The van der Waals surface area contributed by atoms with Gasteiger partial charge in [0.1, 0.15) is 5.82 Å². The van der Waals surface area contributed by atoms with Gasteiger partial charge in [-0.2, -0.15) is 0 Å². The van der Waals surface area contributed by atoms with Gasteiger partial charge in [-0.25, -0.2) is 4.39 Å². The van der Waals surface area contributed by atoms with Gasteiger partial charge in [0.05, 0.1) is 0 Å². The van der Waals surface area contributed by atoms with Crippen molar-refractivity contribution in [3.8, 4) is 11.1 Å². The molecular weight excluding hydrogens is 302 g/mol. The minimum atomic E-state index is -0.154. The van der Waals surface area contributed by atoms with E-state index < -0.39 is 0 Å². The first-order chi connectivity index (χ1) is 7.18. The molecular formula is C13H10FI. The molecule has 2 aromatic carbocycles. The van der Waals surface area contributed by atoms with Crippen molar-refractivity contribution < 1.29 is 4.39 Å². The molecule has 0 fully saturated rings. The minimum Gasteiger partial charge on any atom is -0.206 e. The Morgan fingerprint density at radius 3 is 2.40 bits per heavy atom. The lowest BCUT2D eigenvalue weighted by Crippen LogP contribution is -1.88. The predicted octanol–water partition coefficient (Wildman–Crippen LogP) is 4.41. The van der Waals surface area contributed by atoms with Gasteiger partial charge in [-0.15, -0.1) is 0 Å². The molecule has 0 heterocycles. The van der Waals surface area contributed by atoms with Crippen molar-refractivity contribution in [2.45, 2.75) is 6.92 Å². The molecule has 0 radical (unpaired) electrons. The van der Waals surface area contributed by atoms with Crippen LogP contribution < -0.4 is 0 Å². The molecule has 0 nitrogen and oxygen atoms in total. The highest BCUT2D eigenvalue weighted by Gasteiger charge is 2.07. The first-order valence-electron chi connectivity index (χ1n) is 4.69. The second-order valence-electron chi connectivity index (χ2n) is 3.46. The maximum Gasteiger partial charge on any atom is 0.131 e. The van der Waals surface area contributed by atoms with E-state index >= 15 is 0 Å². The lowest BCUT2D eigenvalue weighted by molar-refractivity contribution is 0.630. The van der Waals surface area contributed by atoms with Crippen molar-refractivity contribution in [2.75, 3.05) is 0 Å². The van der Waals surface area contributed by atoms with Crippen LogP contribution in [0.3, 0.4) is 0 Å². The number of hydrogen-bond acceptors (Lipinski definition) is 0. The molecule has 0 unspecified atom stereocenters. The Morgan fingerprint density at radius 2 is 1.73 bits per heavy atom. The molecule has 0 N–H and O–H groups in total. The topological polar surface area (TPSA) is 0 Å². The molecule has 2 aromatic rings. The summed E-state index contributed by atoms with van der Waals surface area (Å²) >= 11 is 2.22. The van der Waals surface area contributed by atoms with Crippen molar-refractivity contribution in [3.05, 3.63) is 57.4 Å². The summed E-state index contributed by atoms with van der Waals surface area (Å²) in [6, 6.07) is 13.1. The van der Waals surface area contributed by atoms with Gasteiger partial charge in [-0.1, -0.05) is 30.3 Å². The fourth-order valence-electron chi connectivity index (χ4n) is 1.52. The normalized spacial score (nSPS) is 10.3. The highest BCUT2D eigenvalue weighted by atomic mass is 127. The molecule has 0 aliphatic rings. The zero-order valence-electron chi connectivity index (χ0n) is 8.30. The molecule has 0 saturated carbocycles. The molecule has 0 spiro atoms. The number of rotatable bonds is 1. The fourth-order valence-corrected chi connectivity index (χ4v) is 2.20. The molecule has 76 valence electrons. The van der Waals surface area contributed by atoms with Crippen LogP contribution in [-0.4, -0.2) is 0 Å². The summed E-state index contributed by atoms with van der Waals surface area (Å²) in [7, 11) is 0. The van der Waals surface area contributed by atoms with Gasteiger partial charge in [0, 0.05) is 9.13 Å². The summed E-state index contributed by atoms with van der Waals surface area (Å²) in [6.45, 7) is 1.89. The average Bonchev–Trinajstić information content (AvgIpc) is 2.20. The third-order valence-electron chi connectivity index (χ3n) is 2.29. The molecule has 0 aliphatic heterocycles. The third kappa shape index (κ3) is 2.20. The predicted molar refractivity (Wildman–Crippen MR) is 69.3 cm³/mol. The van der Waals surface area contributed by atoms with Crippen LogP contribution in [0.2, 0.25) is 0 Å². The van der Waals surface area contributed by atoms with Crippen LogP contribution in [0.25, 0.3) is 11.1 Å². The third-order valence-corrected chi connectivity index (χ3v) is 3.23. The van der Waals surface area contributed by atoms with Crippen molar-refractivity contribution in [1.29, 1.82) is 0 Å². The summed E-state index contributed by atoms with van der Waals surface area (Å²) in [5.41, 5.74) is 2.57. The van der Waals surface area contributed by atoms with Gasteiger partial charge in [0.2, 0.25) is 0 Å². The summed E-state index contributed by atoms with van der Waals surface area (Å²) in [4.78, 5) is 0. The number of benzene rings is 2. The first kappa shape index (κ1) is 10.6. The molecule has 0 aliphatic carbocycles. The van der Waals surface area contributed by atoms with E-state index in [1.807, 2.05) is 43.3 Å².